The Bertz CT molecular complexity index is 532. The maximum Gasteiger partial charge on any atom is 0.120 e. The number of nitrogen functional groups attached to an aromatic ring is 1. The molecule has 1 aliphatic rings. The third-order valence-corrected chi connectivity index (χ3v) is 2.93. The molecule has 0 radical (unpaired) electrons. The van der Waals surface area contributed by atoms with Crippen LogP contribution in [0.5, 0.6) is 5.75 Å². The van der Waals surface area contributed by atoms with Gasteiger partial charge in [0.2, 0.25) is 0 Å². The van der Waals surface area contributed by atoms with Crippen LogP contribution in [0.25, 0.3) is 11.1 Å². The van der Waals surface area contributed by atoms with Gasteiger partial charge in [0.25, 0.3) is 0 Å². The first-order valence-corrected chi connectivity index (χ1v) is 5.94. The van der Waals surface area contributed by atoms with Crippen molar-refractivity contribution < 1.29 is 4.74 Å². The Morgan fingerprint density at radius 2 is 1.82 bits per heavy atom. The number of nitrogens with two attached hydrogens (primary N) is 1. The second-order valence-electron chi connectivity index (χ2n) is 4.43. The molecule has 1 fully saturated rings. The summed E-state index contributed by atoms with van der Waals surface area (Å²) >= 11 is 0. The van der Waals surface area contributed by atoms with Crippen molar-refractivity contribution in [2.45, 2.75) is 18.9 Å². The van der Waals surface area contributed by atoms with E-state index in [2.05, 4.69) is 12.1 Å². The highest BCUT2D eigenvalue weighted by molar-refractivity contribution is 5.76. The second-order valence-corrected chi connectivity index (χ2v) is 4.43. The Balaban J connectivity index is 1.94. The zero-order valence-electron chi connectivity index (χ0n) is 9.60. The van der Waals surface area contributed by atoms with Gasteiger partial charge in [-0.1, -0.05) is 30.3 Å². The lowest BCUT2D eigenvalue weighted by molar-refractivity contribution is 0.303. The van der Waals surface area contributed by atoms with Crippen molar-refractivity contribution in [1.29, 1.82) is 0 Å². The average Bonchev–Trinajstić information content (AvgIpc) is 3.14. The molecule has 0 atom stereocenters. The highest BCUT2D eigenvalue weighted by Crippen LogP contribution is 2.31. The van der Waals surface area contributed by atoms with Gasteiger partial charge >= 0.3 is 0 Å². The number of hydrogen-bond acceptors (Lipinski definition) is 2. The maximum absolute atomic E-state index is 5.98. The van der Waals surface area contributed by atoms with Crippen molar-refractivity contribution in [3.05, 3.63) is 48.5 Å². The topological polar surface area (TPSA) is 35.2 Å². The molecule has 0 unspecified atom stereocenters. The van der Waals surface area contributed by atoms with E-state index in [4.69, 9.17) is 10.5 Å². The Labute approximate surface area is 101 Å². The van der Waals surface area contributed by atoms with Gasteiger partial charge in [0.05, 0.1) is 6.10 Å². The minimum Gasteiger partial charge on any atom is -0.490 e. The van der Waals surface area contributed by atoms with Gasteiger partial charge in [-0.05, 0) is 36.6 Å². The quantitative estimate of drug-likeness (QED) is 0.812. The third-order valence-electron chi connectivity index (χ3n) is 2.93. The predicted molar refractivity (Wildman–Crippen MR) is 69.9 cm³/mol. The zero-order valence-corrected chi connectivity index (χ0v) is 9.60. The van der Waals surface area contributed by atoms with Crippen molar-refractivity contribution in [2.24, 2.45) is 0 Å². The summed E-state index contributed by atoms with van der Waals surface area (Å²) < 4.78 is 5.79. The summed E-state index contributed by atoms with van der Waals surface area (Å²) in [5, 5.41) is 0. The fraction of sp³-hybridized carbons (Fsp3) is 0.200. The van der Waals surface area contributed by atoms with Crippen LogP contribution in [0.15, 0.2) is 48.5 Å². The van der Waals surface area contributed by atoms with Crippen LogP contribution in [0.3, 0.4) is 0 Å². The van der Waals surface area contributed by atoms with E-state index in [1.165, 1.54) is 12.8 Å². The molecule has 0 bridgehead atoms. The number of hydrogen-bond donors (Lipinski definition) is 1. The van der Waals surface area contributed by atoms with Crippen LogP contribution in [0.2, 0.25) is 0 Å². The van der Waals surface area contributed by atoms with Crippen LogP contribution < -0.4 is 10.5 Å². The standard InChI is InChI=1S/C15H15NO/c16-15-7-2-1-6-14(15)11-4-3-5-13(10-11)17-12-8-9-12/h1-7,10,12H,8-9,16H2. The minimum atomic E-state index is 0.429. The van der Waals surface area contributed by atoms with Crippen molar-refractivity contribution in [1.82, 2.24) is 0 Å². The van der Waals surface area contributed by atoms with Crippen LogP contribution in [-0.2, 0) is 0 Å². The van der Waals surface area contributed by atoms with Crippen molar-refractivity contribution in [3.63, 3.8) is 0 Å². The molecule has 1 saturated carbocycles. The lowest BCUT2D eigenvalue weighted by Crippen LogP contribution is -1.96. The molecule has 1 aliphatic carbocycles. The molecule has 0 spiro atoms. The molecule has 86 valence electrons. The van der Waals surface area contributed by atoms with Gasteiger partial charge in [0.15, 0.2) is 0 Å². The van der Waals surface area contributed by atoms with Gasteiger partial charge < -0.3 is 10.5 Å². The molecule has 0 amide bonds. The highest BCUT2D eigenvalue weighted by Gasteiger charge is 2.23. The van der Waals surface area contributed by atoms with E-state index in [1.54, 1.807) is 0 Å². The number of ether oxygens (including phenoxy) is 1. The monoisotopic (exact) mass is 225 g/mol. The Morgan fingerprint density at radius 1 is 1.00 bits per heavy atom. The van der Waals surface area contributed by atoms with E-state index in [1.807, 2.05) is 36.4 Å². The zero-order chi connectivity index (χ0) is 11.7. The number of anilines is 1. The predicted octanol–water partition coefficient (Wildman–Crippen LogP) is 3.48. The van der Waals surface area contributed by atoms with Crippen molar-refractivity contribution >= 4 is 5.69 Å². The van der Waals surface area contributed by atoms with Crippen LogP contribution in [-0.4, -0.2) is 6.10 Å². The second kappa shape index (κ2) is 4.13. The van der Waals surface area contributed by atoms with Gasteiger partial charge in [-0.15, -0.1) is 0 Å². The molecule has 0 heterocycles. The van der Waals surface area contributed by atoms with Crippen LogP contribution in [0.1, 0.15) is 12.8 Å². The molecule has 2 nitrogen and oxygen atoms in total. The summed E-state index contributed by atoms with van der Waals surface area (Å²) in [6.07, 6.45) is 2.79. The van der Waals surface area contributed by atoms with Gasteiger partial charge in [0.1, 0.15) is 5.75 Å². The van der Waals surface area contributed by atoms with E-state index >= 15 is 0 Å². The SMILES string of the molecule is Nc1ccccc1-c1cccc(OC2CC2)c1. The van der Waals surface area contributed by atoms with Gasteiger partial charge in [-0.25, -0.2) is 0 Å². The molecule has 0 aliphatic heterocycles. The number of benzene rings is 2. The largest absolute Gasteiger partial charge is 0.490 e. The summed E-state index contributed by atoms with van der Waals surface area (Å²) in [5.41, 5.74) is 8.95. The number of rotatable bonds is 3. The van der Waals surface area contributed by atoms with E-state index in [-0.39, 0.29) is 0 Å². The summed E-state index contributed by atoms with van der Waals surface area (Å²) in [4.78, 5) is 0. The first-order valence-electron chi connectivity index (χ1n) is 5.94. The van der Waals surface area contributed by atoms with Gasteiger partial charge in [-0.2, -0.15) is 0 Å². The lowest BCUT2D eigenvalue weighted by Gasteiger charge is -2.08. The molecule has 3 rings (SSSR count). The Hall–Kier alpha value is -1.96. The third kappa shape index (κ3) is 2.26. The van der Waals surface area contributed by atoms with Crippen molar-refractivity contribution in [2.75, 3.05) is 5.73 Å². The van der Waals surface area contributed by atoms with Crippen LogP contribution in [0.4, 0.5) is 5.69 Å². The summed E-state index contributed by atoms with van der Waals surface area (Å²) in [6.45, 7) is 0. The highest BCUT2D eigenvalue weighted by atomic mass is 16.5. The Kier molecular flexibility index (Phi) is 2.48. The van der Waals surface area contributed by atoms with Crippen LogP contribution in [0, 0.1) is 0 Å². The molecule has 0 saturated heterocycles. The molecule has 2 heteroatoms. The molecular weight excluding hydrogens is 210 g/mol. The lowest BCUT2D eigenvalue weighted by atomic mass is 10.0. The summed E-state index contributed by atoms with van der Waals surface area (Å²) in [6, 6.07) is 16.0. The van der Waals surface area contributed by atoms with Crippen molar-refractivity contribution in [3.8, 4) is 16.9 Å². The normalized spacial score (nSPS) is 14.6. The molecule has 0 aromatic heterocycles. The molecule has 17 heavy (non-hydrogen) atoms. The molecule has 2 aromatic rings. The summed E-state index contributed by atoms with van der Waals surface area (Å²) in [7, 11) is 0. The smallest absolute Gasteiger partial charge is 0.120 e. The molecule has 2 N–H and O–H groups in total. The average molecular weight is 225 g/mol. The van der Waals surface area contributed by atoms with E-state index < -0.39 is 0 Å². The first kappa shape index (κ1) is 10.2. The molecule has 2 aromatic carbocycles. The fourth-order valence-corrected chi connectivity index (χ4v) is 1.88. The minimum absolute atomic E-state index is 0.429. The van der Waals surface area contributed by atoms with Crippen LogP contribution >= 0.6 is 0 Å². The Morgan fingerprint density at radius 3 is 2.59 bits per heavy atom. The van der Waals surface area contributed by atoms with Gasteiger partial charge in [-0.3, -0.25) is 0 Å². The summed E-state index contributed by atoms with van der Waals surface area (Å²) in [5.74, 6) is 0.938. The van der Waals surface area contributed by atoms with E-state index in [0.717, 1.165) is 22.6 Å². The van der Waals surface area contributed by atoms with E-state index in [0.29, 0.717) is 6.10 Å². The number of para-hydroxylation sites is 1. The first-order chi connectivity index (χ1) is 8.33. The maximum atomic E-state index is 5.98. The molecular formula is C15H15NO. The van der Waals surface area contributed by atoms with E-state index in [9.17, 15) is 0 Å². The van der Waals surface area contributed by atoms with Gasteiger partial charge in [0, 0.05) is 11.3 Å². The fourth-order valence-electron chi connectivity index (χ4n) is 1.88.